The zero-order chi connectivity index (χ0) is 13.4. The molecular formula is H2Mo2O8S7. The maximum atomic E-state index is 10.2. The average molecular weight is 546 g/mol. The fraction of sp³-hybridized carbons (Fsp3) is 0. The van der Waals surface area contributed by atoms with Gasteiger partial charge in [-0.25, -0.2) is 0 Å². The Hall–Kier alpha value is 2.87. The molecule has 0 aromatic heterocycles. The monoisotopic (exact) mass is 550 g/mol. The van der Waals surface area contributed by atoms with Gasteiger partial charge in [0.1, 0.15) is 0 Å². The van der Waals surface area contributed by atoms with E-state index in [4.69, 9.17) is 7.52 Å². The van der Waals surface area contributed by atoms with Crippen LogP contribution in [0.4, 0.5) is 0 Å². The Kier molecular flexibility index (Phi) is 12.4. The van der Waals surface area contributed by atoms with Crippen LogP contribution in [0.3, 0.4) is 0 Å². The summed E-state index contributed by atoms with van der Waals surface area (Å²) in [6.45, 7) is 0. The van der Waals surface area contributed by atoms with Crippen LogP contribution in [0.5, 0.6) is 0 Å². The van der Waals surface area contributed by atoms with Crippen LogP contribution < -0.4 is 0 Å². The summed E-state index contributed by atoms with van der Waals surface area (Å²) in [5.41, 5.74) is 0. The van der Waals surface area contributed by atoms with Crippen molar-refractivity contribution in [3.05, 3.63) is 0 Å². The first kappa shape index (κ1) is 19.9. The van der Waals surface area contributed by atoms with Crippen LogP contribution in [0.25, 0.3) is 0 Å². The first-order valence-electron chi connectivity index (χ1n) is 2.70. The first-order chi connectivity index (χ1) is 7.71. The standard InChI is InChI=1S/2Mo.H2O2S7.2H2O.4O/c;;1-3-5-7-9-8-6-4-2;;;;;;/h;;1-2H;2*1H2;;;;/q2*+2;;;;;;;/p-4. The van der Waals surface area contributed by atoms with E-state index in [0.29, 0.717) is 22.1 Å². The van der Waals surface area contributed by atoms with Crippen molar-refractivity contribution in [2.75, 3.05) is 0 Å². The third-order valence-electron chi connectivity index (χ3n) is 0.394. The average Bonchev–Trinajstić information content (AvgIpc) is 2.11. The summed E-state index contributed by atoms with van der Waals surface area (Å²) in [6, 6.07) is 0. The van der Waals surface area contributed by atoms with Crippen molar-refractivity contribution in [2.24, 2.45) is 0 Å². The van der Waals surface area contributed by atoms with Gasteiger partial charge in [0, 0.05) is 0 Å². The summed E-state index contributed by atoms with van der Waals surface area (Å²) < 4.78 is 65.3. The molecule has 8 nitrogen and oxygen atoms in total. The van der Waals surface area contributed by atoms with Gasteiger partial charge in [-0.2, -0.15) is 0 Å². The molecule has 0 spiro atoms. The molecule has 17 heavy (non-hydrogen) atoms. The Morgan fingerprint density at radius 1 is 0.647 bits per heavy atom. The van der Waals surface area contributed by atoms with Gasteiger partial charge in [-0.1, -0.05) is 0 Å². The molecule has 17 heteroatoms. The van der Waals surface area contributed by atoms with Gasteiger partial charge < -0.3 is 0 Å². The molecule has 0 unspecified atom stereocenters. The molecule has 0 saturated heterocycles. The van der Waals surface area contributed by atoms with Crippen LogP contribution in [0.2, 0.25) is 0 Å². The molecule has 0 radical (unpaired) electrons. The minimum absolute atomic E-state index is 0.505. The fourth-order valence-electron chi connectivity index (χ4n) is 0.150. The van der Waals surface area contributed by atoms with Crippen LogP contribution in [0, 0.1) is 0 Å². The topological polar surface area (TPSA) is 127 Å². The maximum absolute atomic E-state index is 10.2. The Bertz CT molecular complexity index is 346. The van der Waals surface area contributed by atoms with Crippen molar-refractivity contribution in [1.82, 2.24) is 0 Å². The molecule has 0 aliphatic carbocycles. The van der Waals surface area contributed by atoms with Crippen LogP contribution in [-0.4, -0.2) is 7.52 Å². The van der Waals surface area contributed by atoms with Crippen LogP contribution in [-0.2, 0) is 52.8 Å². The van der Waals surface area contributed by atoms with Crippen molar-refractivity contribution >= 4 is 71.3 Å². The van der Waals surface area contributed by atoms with E-state index in [1.807, 2.05) is 0 Å². The fourth-order valence-corrected chi connectivity index (χ4v) is 17.5. The molecule has 0 aliphatic heterocycles. The number of rotatable bonds is 10. The summed E-state index contributed by atoms with van der Waals surface area (Å²) in [5.74, 6) is 0. The van der Waals surface area contributed by atoms with Gasteiger partial charge in [-0.15, -0.1) is 0 Å². The first-order valence-corrected chi connectivity index (χ1v) is 18.1. The van der Waals surface area contributed by atoms with Crippen LogP contribution >= 0.6 is 71.3 Å². The molecule has 2 N–H and O–H groups in total. The minimum atomic E-state index is -5.44. The van der Waals surface area contributed by atoms with E-state index in [0.717, 1.165) is 39.3 Å². The van der Waals surface area contributed by atoms with Crippen molar-refractivity contribution in [2.45, 2.75) is 0 Å². The van der Waals surface area contributed by atoms with E-state index in [1.54, 1.807) is 0 Å². The SMILES string of the molecule is [O]=[Mo](=[O])([OH])[O]SSSSSSS[O][Mo](=[O])(=[O])[OH]. The summed E-state index contributed by atoms with van der Waals surface area (Å²) in [5, 5.41) is 0. The predicted molar refractivity (Wildman–Crippen MR) is 62.5 cm³/mol. The quantitative estimate of drug-likeness (QED) is 0.180. The molecule has 0 heterocycles. The third kappa shape index (κ3) is 18.9. The molecule has 0 aromatic carbocycles. The predicted octanol–water partition coefficient (Wildman–Crippen LogP) is 2.81. The van der Waals surface area contributed by atoms with Crippen LogP contribution in [0.1, 0.15) is 0 Å². The second kappa shape index (κ2) is 10.6. The van der Waals surface area contributed by atoms with E-state index < -0.39 is 33.5 Å². The van der Waals surface area contributed by atoms with Gasteiger partial charge >= 0.3 is 132 Å². The molecule has 0 fully saturated rings. The van der Waals surface area contributed by atoms with Gasteiger partial charge in [0.05, 0.1) is 0 Å². The van der Waals surface area contributed by atoms with Gasteiger partial charge in [-0.3, -0.25) is 0 Å². The van der Waals surface area contributed by atoms with Crippen LogP contribution in [0.15, 0.2) is 0 Å². The van der Waals surface area contributed by atoms with E-state index in [9.17, 15) is 13.6 Å². The second-order valence-electron chi connectivity index (χ2n) is 1.47. The zero-order valence-electron chi connectivity index (χ0n) is 7.02. The molecule has 0 rings (SSSR count). The molecule has 0 saturated carbocycles. The Morgan fingerprint density at radius 2 is 0.941 bits per heavy atom. The molecule has 0 aliphatic rings. The molecular weight excluding hydrogens is 544 g/mol. The van der Waals surface area contributed by atoms with Gasteiger partial charge in [0.25, 0.3) is 0 Å². The van der Waals surface area contributed by atoms with E-state index in [-0.39, 0.29) is 0 Å². The van der Waals surface area contributed by atoms with Gasteiger partial charge in [-0.05, 0) is 0 Å². The van der Waals surface area contributed by atoms with Gasteiger partial charge in [0.15, 0.2) is 0 Å². The number of hydrogen-bond donors (Lipinski definition) is 2. The van der Waals surface area contributed by atoms with Crippen molar-refractivity contribution in [1.29, 1.82) is 0 Å². The summed E-state index contributed by atoms with van der Waals surface area (Å²) >= 11 is -9.88. The number of hydrogen-bond acceptors (Lipinski definition) is 13. The normalized spacial score (nSPS) is 12.8. The van der Waals surface area contributed by atoms with E-state index >= 15 is 0 Å². The second-order valence-corrected chi connectivity index (χ2v) is 17.9. The van der Waals surface area contributed by atoms with E-state index in [2.05, 4.69) is 5.67 Å². The molecule has 0 amide bonds. The Balaban J connectivity index is 3.25. The molecule has 104 valence electrons. The van der Waals surface area contributed by atoms with Crippen molar-refractivity contribution in [3.8, 4) is 0 Å². The summed E-state index contributed by atoms with van der Waals surface area (Å²) in [6.07, 6.45) is 0. The van der Waals surface area contributed by atoms with Crippen molar-refractivity contribution < 1.29 is 60.3 Å². The summed E-state index contributed by atoms with van der Waals surface area (Å²) in [7, 11) is 5.37. The van der Waals surface area contributed by atoms with E-state index in [1.165, 1.54) is 9.83 Å². The summed E-state index contributed by atoms with van der Waals surface area (Å²) in [4.78, 5) is 0. The Labute approximate surface area is 129 Å². The van der Waals surface area contributed by atoms with Gasteiger partial charge in [0.2, 0.25) is 0 Å². The molecule has 0 atom stereocenters. The van der Waals surface area contributed by atoms with Crippen molar-refractivity contribution in [3.63, 3.8) is 0 Å². The zero-order valence-corrected chi connectivity index (χ0v) is 16.7. The Morgan fingerprint density at radius 3 is 1.24 bits per heavy atom. The third-order valence-corrected chi connectivity index (χ3v) is 16.5. The molecule has 0 bridgehead atoms. The molecule has 0 aromatic rings.